The summed E-state index contributed by atoms with van der Waals surface area (Å²) in [5.41, 5.74) is -0.225. The maximum absolute atomic E-state index is 13.4. The minimum absolute atomic E-state index is 0.00837. The van der Waals surface area contributed by atoms with E-state index < -0.39 is 28.5 Å². The Morgan fingerprint density at radius 3 is 2.59 bits per heavy atom. The van der Waals surface area contributed by atoms with Gasteiger partial charge in [-0.25, -0.2) is 9.37 Å². The third-order valence-electron chi connectivity index (χ3n) is 3.90. The van der Waals surface area contributed by atoms with Crippen molar-refractivity contribution >= 4 is 23.1 Å². The summed E-state index contributed by atoms with van der Waals surface area (Å²) in [6.45, 7) is -0.189. The first-order chi connectivity index (χ1) is 15.1. The quantitative estimate of drug-likeness (QED) is 0.263. The smallest absolute Gasteiger partial charge is 0.406 e. The molecule has 0 aliphatic carbocycles. The Morgan fingerprint density at radius 2 is 1.91 bits per heavy atom. The fraction of sp³-hybridized carbons (Fsp3) is 0.158. The normalized spacial score (nSPS) is 11.2. The van der Waals surface area contributed by atoms with Gasteiger partial charge in [0.1, 0.15) is 23.1 Å². The lowest BCUT2D eigenvalue weighted by Gasteiger charge is -2.13. The molecule has 1 heterocycles. The van der Waals surface area contributed by atoms with Crippen molar-refractivity contribution < 1.29 is 32.3 Å². The van der Waals surface area contributed by atoms with E-state index in [-0.39, 0.29) is 41.9 Å². The van der Waals surface area contributed by atoms with Crippen LogP contribution in [0.3, 0.4) is 0 Å². The zero-order chi connectivity index (χ0) is 23.3. The van der Waals surface area contributed by atoms with Gasteiger partial charge in [-0.05, 0) is 24.3 Å². The third kappa shape index (κ3) is 6.01. The number of alkyl halides is 3. The van der Waals surface area contributed by atoms with Gasteiger partial charge in [0.25, 0.3) is 5.69 Å². The molecule has 0 aliphatic rings. The first kappa shape index (κ1) is 22.7. The van der Waals surface area contributed by atoms with Crippen LogP contribution in [0.2, 0.25) is 0 Å². The van der Waals surface area contributed by atoms with Crippen LogP contribution in [0.15, 0.2) is 48.5 Å². The average Bonchev–Trinajstić information content (AvgIpc) is 2.72. The molecule has 0 atom stereocenters. The standard InChI is InChI=1S/C19H15F4N5O4/c20-12-4-5-14(16(9-12)28(30)31)25-17-10-15(26-18(27-17)24-6-7-29)11-2-1-3-13(8-11)32-19(21,22)23/h1-5,8-10,29H,6-7H2,(H2,24,25,26,27). The van der Waals surface area contributed by atoms with E-state index in [0.717, 1.165) is 30.3 Å². The number of rotatable bonds is 8. The van der Waals surface area contributed by atoms with Crippen molar-refractivity contribution in [1.82, 2.24) is 9.97 Å². The van der Waals surface area contributed by atoms with Gasteiger partial charge in [0.05, 0.1) is 23.3 Å². The Kier molecular flexibility index (Phi) is 6.68. The van der Waals surface area contributed by atoms with Crippen LogP contribution < -0.4 is 15.4 Å². The van der Waals surface area contributed by atoms with Gasteiger partial charge in [0.2, 0.25) is 5.95 Å². The highest BCUT2D eigenvalue weighted by molar-refractivity contribution is 5.72. The molecule has 0 aliphatic heterocycles. The summed E-state index contributed by atoms with van der Waals surface area (Å²) in [7, 11) is 0. The lowest BCUT2D eigenvalue weighted by molar-refractivity contribution is -0.384. The number of nitrogens with one attached hydrogen (secondary N) is 2. The van der Waals surface area contributed by atoms with Gasteiger partial charge < -0.3 is 20.5 Å². The molecular weight excluding hydrogens is 438 g/mol. The van der Waals surface area contributed by atoms with E-state index in [4.69, 9.17) is 5.11 Å². The Morgan fingerprint density at radius 1 is 1.12 bits per heavy atom. The number of halogens is 4. The number of anilines is 3. The summed E-state index contributed by atoms with van der Waals surface area (Å²) in [6, 6.07) is 9.26. The first-order valence-electron chi connectivity index (χ1n) is 8.95. The number of hydrogen-bond donors (Lipinski definition) is 3. The number of nitro groups is 1. The van der Waals surface area contributed by atoms with Gasteiger partial charge in [-0.1, -0.05) is 12.1 Å². The maximum Gasteiger partial charge on any atom is 0.573 e. The van der Waals surface area contributed by atoms with Crippen LogP contribution in [-0.2, 0) is 0 Å². The molecule has 0 fully saturated rings. The SMILES string of the molecule is O=[N+]([O-])c1cc(F)ccc1Nc1cc(-c2cccc(OC(F)(F)F)c2)nc(NCCO)n1. The molecule has 0 spiro atoms. The fourth-order valence-corrected chi connectivity index (χ4v) is 2.66. The number of aliphatic hydroxyl groups excluding tert-OH is 1. The minimum Gasteiger partial charge on any atom is -0.406 e. The van der Waals surface area contributed by atoms with Crippen LogP contribution in [0, 0.1) is 15.9 Å². The molecule has 0 saturated heterocycles. The van der Waals surface area contributed by atoms with E-state index in [2.05, 4.69) is 25.3 Å². The lowest BCUT2D eigenvalue weighted by atomic mass is 10.1. The molecular formula is C19H15F4N5O4. The van der Waals surface area contributed by atoms with Gasteiger partial charge in [0.15, 0.2) is 0 Å². The monoisotopic (exact) mass is 453 g/mol. The summed E-state index contributed by atoms with van der Waals surface area (Å²) in [5, 5.41) is 25.7. The molecule has 0 saturated carbocycles. The van der Waals surface area contributed by atoms with Crippen molar-refractivity contribution in [2.24, 2.45) is 0 Å². The van der Waals surface area contributed by atoms with Crippen LogP contribution in [-0.4, -0.2) is 39.5 Å². The van der Waals surface area contributed by atoms with E-state index in [1.807, 2.05) is 0 Å². The van der Waals surface area contributed by atoms with Crippen LogP contribution in [0.1, 0.15) is 0 Å². The second-order valence-corrected chi connectivity index (χ2v) is 6.23. The highest BCUT2D eigenvalue weighted by Gasteiger charge is 2.31. The number of hydrogen-bond acceptors (Lipinski definition) is 8. The Balaban J connectivity index is 2.01. The second kappa shape index (κ2) is 9.43. The highest BCUT2D eigenvalue weighted by Crippen LogP contribution is 2.31. The molecule has 1 aromatic heterocycles. The molecule has 168 valence electrons. The van der Waals surface area contributed by atoms with Crippen molar-refractivity contribution in [1.29, 1.82) is 0 Å². The summed E-state index contributed by atoms with van der Waals surface area (Å²) in [6.07, 6.45) is -4.88. The largest absolute Gasteiger partial charge is 0.573 e. The van der Waals surface area contributed by atoms with E-state index in [1.54, 1.807) is 0 Å². The van der Waals surface area contributed by atoms with E-state index in [9.17, 15) is 27.7 Å². The zero-order valence-corrected chi connectivity index (χ0v) is 16.1. The van der Waals surface area contributed by atoms with E-state index >= 15 is 0 Å². The molecule has 3 rings (SSSR count). The topological polar surface area (TPSA) is 122 Å². The molecule has 13 heteroatoms. The Hall–Kier alpha value is -4.00. The molecule has 0 unspecified atom stereocenters. The van der Waals surface area contributed by atoms with Crippen molar-refractivity contribution in [3.05, 3.63) is 64.5 Å². The van der Waals surface area contributed by atoms with Crippen molar-refractivity contribution in [2.75, 3.05) is 23.8 Å². The highest BCUT2D eigenvalue weighted by atomic mass is 19.4. The van der Waals surface area contributed by atoms with Crippen LogP contribution in [0.25, 0.3) is 11.3 Å². The van der Waals surface area contributed by atoms with Crippen LogP contribution in [0.5, 0.6) is 5.75 Å². The van der Waals surface area contributed by atoms with E-state index in [0.29, 0.717) is 0 Å². The average molecular weight is 453 g/mol. The molecule has 32 heavy (non-hydrogen) atoms. The summed E-state index contributed by atoms with van der Waals surface area (Å²) < 4.78 is 55.0. The molecule has 9 nitrogen and oxygen atoms in total. The molecule has 3 N–H and O–H groups in total. The number of ether oxygens (including phenoxy) is 1. The summed E-state index contributed by atoms with van der Waals surface area (Å²) in [4.78, 5) is 18.8. The van der Waals surface area contributed by atoms with Gasteiger partial charge in [-0.3, -0.25) is 10.1 Å². The predicted molar refractivity (Wildman–Crippen MR) is 106 cm³/mol. The molecule has 0 radical (unpaired) electrons. The number of aromatic nitrogens is 2. The number of benzene rings is 2. The molecule has 0 amide bonds. The van der Waals surface area contributed by atoms with Crippen molar-refractivity contribution in [3.8, 4) is 17.0 Å². The van der Waals surface area contributed by atoms with Gasteiger partial charge >= 0.3 is 6.36 Å². The Bertz CT molecular complexity index is 1130. The third-order valence-corrected chi connectivity index (χ3v) is 3.90. The van der Waals surface area contributed by atoms with Crippen molar-refractivity contribution in [3.63, 3.8) is 0 Å². The Labute approximate surface area is 177 Å². The molecule has 3 aromatic rings. The summed E-state index contributed by atoms with van der Waals surface area (Å²) in [5.74, 6) is -1.25. The predicted octanol–water partition coefficient (Wildman–Crippen LogP) is 4.24. The molecule has 0 bridgehead atoms. The molecule has 2 aromatic carbocycles. The number of aliphatic hydroxyl groups is 1. The van der Waals surface area contributed by atoms with Crippen molar-refractivity contribution in [2.45, 2.75) is 6.36 Å². The fourth-order valence-electron chi connectivity index (χ4n) is 2.66. The van der Waals surface area contributed by atoms with E-state index in [1.165, 1.54) is 18.2 Å². The van der Waals surface area contributed by atoms with Crippen LogP contribution >= 0.6 is 0 Å². The first-order valence-corrected chi connectivity index (χ1v) is 8.95. The zero-order valence-electron chi connectivity index (χ0n) is 16.1. The number of nitro benzene ring substituents is 1. The second-order valence-electron chi connectivity index (χ2n) is 6.23. The summed E-state index contributed by atoms with van der Waals surface area (Å²) >= 11 is 0. The van der Waals surface area contributed by atoms with Crippen LogP contribution in [0.4, 0.5) is 40.7 Å². The minimum atomic E-state index is -4.88. The van der Waals surface area contributed by atoms with Gasteiger partial charge in [-0.15, -0.1) is 13.2 Å². The maximum atomic E-state index is 13.4. The van der Waals surface area contributed by atoms with Gasteiger partial charge in [-0.2, -0.15) is 4.98 Å². The van der Waals surface area contributed by atoms with Gasteiger partial charge in [0, 0.05) is 18.2 Å². The lowest BCUT2D eigenvalue weighted by Crippen LogP contribution is -2.17. The number of nitrogens with zero attached hydrogens (tertiary/aromatic N) is 3.